The van der Waals surface area contributed by atoms with Gasteiger partial charge in [0.25, 0.3) is 0 Å². The predicted molar refractivity (Wildman–Crippen MR) is 83.6 cm³/mol. The molecular weight excluding hydrogens is 287 g/mol. The van der Waals surface area contributed by atoms with Gasteiger partial charge in [-0.05, 0) is 52.8 Å². The van der Waals surface area contributed by atoms with Crippen LogP contribution in [0.25, 0.3) is 0 Å². The van der Waals surface area contributed by atoms with Crippen LogP contribution < -0.4 is 9.80 Å². The third kappa shape index (κ3) is 3.32. The van der Waals surface area contributed by atoms with E-state index in [-0.39, 0.29) is 6.04 Å². The number of benzene rings is 1. The Kier molecular flexibility index (Phi) is 4.33. The SMILES string of the molecule is CC(O)N1c2ccc(F)cc2N(C(=O)OC(C)(C)C)C[C@@H]1C. The van der Waals surface area contributed by atoms with Gasteiger partial charge >= 0.3 is 6.09 Å². The zero-order valence-corrected chi connectivity index (χ0v) is 13.6. The third-order valence-electron chi connectivity index (χ3n) is 3.44. The Bertz CT molecular complexity index is 569. The minimum atomic E-state index is -0.736. The second-order valence-electron chi connectivity index (χ2n) is 6.61. The van der Waals surface area contributed by atoms with E-state index >= 15 is 0 Å². The van der Waals surface area contributed by atoms with E-state index in [4.69, 9.17) is 4.74 Å². The number of aliphatic hydroxyl groups excluding tert-OH is 1. The second-order valence-corrected chi connectivity index (χ2v) is 6.61. The zero-order chi connectivity index (χ0) is 16.7. The summed E-state index contributed by atoms with van der Waals surface area (Å²) in [6.45, 7) is 9.21. The van der Waals surface area contributed by atoms with Crippen LogP contribution in [-0.4, -0.2) is 35.6 Å². The molecule has 1 unspecified atom stereocenters. The highest BCUT2D eigenvalue weighted by atomic mass is 19.1. The van der Waals surface area contributed by atoms with Crippen LogP contribution in [0.4, 0.5) is 20.6 Å². The van der Waals surface area contributed by atoms with Crippen LogP contribution in [0.2, 0.25) is 0 Å². The maximum atomic E-state index is 13.6. The topological polar surface area (TPSA) is 53.0 Å². The van der Waals surface area contributed by atoms with Gasteiger partial charge < -0.3 is 14.7 Å². The molecule has 0 spiro atoms. The summed E-state index contributed by atoms with van der Waals surface area (Å²) in [6, 6.07) is 4.07. The molecule has 0 aromatic heterocycles. The lowest BCUT2D eigenvalue weighted by molar-refractivity contribution is 0.0572. The first kappa shape index (κ1) is 16.5. The van der Waals surface area contributed by atoms with E-state index in [2.05, 4.69) is 0 Å². The van der Waals surface area contributed by atoms with Gasteiger partial charge in [0.05, 0.1) is 11.4 Å². The summed E-state index contributed by atoms with van der Waals surface area (Å²) in [5.74, 6) is -0.438. The molecule has 5 nitrogen and oxygen atoms in total. The maximum Gasteiger partial charge on any atom is 0.414 e. The normalized spacial score (nSPS) is 19.7. The number of rotatable bonds is 1. The molecule has 1 heterocycles. The number of halogens is 1. The molecule has 0 bridgehead atoms. The van der Waals surface area contributed by atoms with Crippen LogP contribution >= 0.6 is 0 Å². The minimum absolute atomic E-state index is 0.120. The number of hydrogen-bond donors (Lipinski definition) is 1. The van der Waals surface area contributed by atoms with E-state index in [1.807, 2.05) is 6.92 Å². The fourth-order valence-corrected chi connectivity index (χ4v) is 2.68. The molecule has 0 saturated carbocycles. The standard InChI is InChI=1S/C16H23FN2O3/c1-10-9-18(15(21)22-16(3,4)5)14-8-12(17)6-7-13(14)19(10)11(2)20/h6-8,10-11,20H,9H2,1-5H3/t10-,11?/m0/s1. The average molecular weight is 310 g/mol. The molecule has 0 aliphatic carbocycles. The second kappa shape index (κ2) is 5.76. The molecule has 1 amide bonds. The van der Waals surface area contributed by atoms with Crippen molar-refractivity contribution in [2.24, 2.45) is 0 Å². The quantitative estimate of drug-likeness (QED) is 0.866. The minimum Gasteiger partial charge on any atom is -0.443 e. The molecular formula is C16H23FN2O3. The summed E-state index contributed by atoms with van der Waals surface area (Å²) in [5.41, 5.74) is 0.393. The number of carbonyl (C=O) groups is 1. The highest BCUT2D eigenvalue weighted by Gasteiger charge is 2.35. The van der Waals surface area contributed by atoms with E-state index in [9.17, 15) is 14.3 Å². The van der Waals surface area contributed by atoms with Crippen molar-refractivity contribution in [2.45, 2.75) is 52.5 Å². The van der Waals surface area contributed by atoms with Gasteiger partial charge in [-0.3, -0.25) is 4.90 Å². The van der Waals surface area contributed by atoms with E-state index in [1.54, 1.807) is 38.7 Å². The molecule has 122 valence electrons. The molecule has 1 aromatic carbocycles. The lowest BCUT2D eigenvalue weighted by Gasteiger charge is -2.43. The zero-order valence-electron chi connectivity index (χ0n) is 13.6. The molecule has 6 heteroatoms. The van der Waals surface area contributed by atoms with Crippen molar-refractivity contribution in [2.75, 3.05) is 16.3 Å². The molecule has 0 saturated heterocycles. The van der Waals surface area contributed by atoms with Crippen LogP contribution in [0.15, 0.2) is 18.2 Å². The summed E-state index contributed by atoms with van der Waals surface area (Å²) in [6.07, 6.45) is -1.25. The summed E-state index contributed by atoms with van der Waals surface area (Å²) >= 11 is 0. The Morgan fingerprint density at radius 1 is 1.41 bits per heavy atom. The van der Waals surface area contributed by atoms with Crippen molar-refractivity contribution >= 4 is 17.5 Å². The molecule has 0 fully saturated rings. The Morgan fingerprint density at radius 3 is 2.59 bits per heavy atom. The third-order valence-corrected chi connectivity index (χ3v) is 3.44. The first-order chi connectivity index (χ1) is 10.1. The number of hydrogen-bond acceptors (Lipinski definition) is 4. The van der Waals surface area contributed by atoms with Gasteiger partial charge in [0.2, 0.25) is 0 Å². The van der Waals surface area contributed by atoms with E-state index in [1.165, 1.54) is 17.0 Å². The van der Waals surface area contributed by atoms with E-state index < -0.39 is 23.7 Å². The summed E-state index contributed by atoms with van der Waals surface area (Å²) in [7, 11) is 0. The lowest BCUT2D eigenvalue weighted by atomic mass is 10.1. The highest BCUT2D eigenvalue weighted by Crippen LogP contribution is 2.37. The number of amides is 1. The van der Waals surface area contributed by atoms with Gasteiger partial charge in [-0.15, -0.1) is 0 Å². The van der Waals surface area contributed by atoms with Crippen LogP contribution in [0, 0.1) is 5.82 Å². The van der Waals surface area contributed by atoms with Gasteiger partial charge in [0, 0.05) is 12.6 Å². The fourth-order valence-electron chi connectivity index (χ4n) is 2.68. The van der Waals surface area contributed by atoms with E-state index in [0.717, 1.165) is 0 Å². The molecule has 0 radical (unpaired) electrons. The van der Waals surface area contributed by atoms with Crippen molar-refractivity contribution in [3.63, 3.8) is 0 Å². The van der Waals surface area contributed by atoms with Crippen molar-refractivity contribution in [1.82, 2.24) is 0 Å². The number of anilines is 2. The Balaban J connectivity index is 2.44. The molecule has 2 atom stereocenters. The molecule has 2 rings (SSSR count). The number of ether oxygens (including phenoxy) is 1. The van der Waals surface area contributed by atoms with Crippen LogP contribution in [0.5, 0.6) is 0 Å². The van der Waals surface area contributed by atoms with Gasteiger partial charge in [-0.25, -0.2) is 9.18 Å². The van der Waals surface area contributed by atoms with Gasteiger partial charge in [0.1, 0.15) is 17.6 Å². The Hall–Kier alpha value is -1.82. The monoisotopic (exact) mass is 310 g/mol. The largest absolute Gasteiger partial charge is 0.443 e. The van der Waals surface area contributed by atoms with Crippen LogP contribution in [0.1, 0.15) is 34.6 Å². The highest BCUT2D eigenvalue weighted by molar-refractivity contribution is 5.94. The average Bonchev–Trinajstić information content (AvgIpc) is 2.35. The van der Waals surface area contributed by atoms with Crippen molar-refractivity contribution < 1.29 is 19.0 Å². The van der Waals surface area contributed by atoms with Gasteiger partial charge in [-0.2, -0.15) is 0 Å². The van der Waals surface area contributed by atoms with Crippen molar-refractivity contribution in [1.29, 1.82) is 0 Å². The van der Waals surface area contributed by atoms with Crippen LogP contribution in [0.3, 0.4) is 0 Å². The van der Waals surface area contributed by atoms with Gasteiger partial charge in [0.15, 0.2) is 0 Å². The summed E-state index contributed by atoms with van der Waals surface area (Å²) in [5, 5.41) is 9.97. The number of fused-ring (bicyclic) bond motifs is 1. The number of nitrogens with zero attached hydrogens (tertiary/aromatic N) is 2. The fraction of sp³-hybridized carbons (Fsp3) is 0.562. The molecule has 1 aliphatic heterocycles. The Labute approximate surface area is 130 Å². The number of carbonyl (C=O) groups excluding carboxylic acids is 1. The van der Waals surface area contributed by atoms with Gasteiger partial charge in [-0.1, -0.05) is 0 Å². The summed E-state index contributed by atoms with van der Waals surface area (Å²) in [4.78, 5) is 15.6. The van der Waals surface area contributed by atoms with Crippen molar-refractivity contribution in [3.8, 4) is 0 Å². The molecule has 1 aliphatic rings. The van der Waals surface area contributed by atoms with E-state index in [0.29, 0.717) is 17.9 Å². The summed E-state index contributed by atoms with van der Waals surface area (Å²) < 4.78 is 19.0. The first-order valence-corrected chi connectivity index (χ1v) is 7.36. The molecule has 1 N–H and O–H groups in total. The molecule has 1 aromatic rings. The number of aliphatic hydroxyl groups is 1. The predicted octanol–water partition coefficient (Wildman–Crippen LogP) is 3.11. The molecule has 22 heavy (non-hydrogen) atoms. The maximum absolute atomic E-state index is 13.6. The Morgan fingerprint density at radius 2 is 2.05 bits per heavy atom. The lowest BCUT2D eigenvalue weighted by Crippen LogP contribution is -2.53. The van der Waals surface area contributed by atoms with Crippen molar-refractivity contribution in [3.05, 3.63) is 24.0 Å². The van der Waals surface area contributed by atoms with Crippen LogP contribution in [-0.2, 0) is 4.74 Å². The smallest absolute Gasteiger partial charge is 0.414 e. The first-order valence-electron chi connectivity index (χ1n) is 7.36.